The molecule has 5 heteroatoms. The van der Waals surface area contributed by atoms with Gasteiger partial charge in [0.25, 0.3) is 0 Å². The molecule has 0 aliphatic rings. The third-order valence-corrected chi connectivity index (χ3v) is 2.84. The van der Waals surface area contributed by atoms with Gasteiger partial charge in [0, 0.05) is 11.8 Å². The summed E-state index contributed by atoms with van der Waals surface area (Å²) in [5, 5.41) is 11.2. The van der Waals surface area contributed by atoms with Crippen LogP contribution in [0.5, 0.6) is 0 Å². The number of carbonyl (C=O) groups is 2. The highest BCUT2D eigenvalue weighted by molar-refractivity contribution is 5.97. The third kappa shape index (κ3) is 4.56. The Kier molecular flexibility index (Phi) is 4.83. The van der Waals surface area contributed by atoms with E-state index in [1.54, 1.807) is 31.2 Å². The number of benzene rings is 1. The highest BCUT2D eigenvalue weighted by Gasteiger charge is 2.25. The fourth-order valence-electron chi connectivity index (χ4n) is 1.28. The number of carboxylic acid groups (broad SMARTS) is 1. The minimum Gasteiger partial charge on any atom is -0.478 e. The van der Waals surface area contributed by atoms with Crippen molar-refractivity contribution < 1.29 is 14.7 Å². The molecule has 1 aromatic carbocycles. The van der Waals surface area contributed by atoms with Crippen LogP contribution in [-0.4, -0.2) is 22.5 Å². The summed E-state index contributed by atoms with van der Waals surface area (Å²) >= 11 is 0. The molecule has 0 aliphatic heterocycles. The number of hydrogen-bond donors (Lipinski definition) is 3. The van der Waals surface area contributed by atoms with E-state index in [2.05, 4.69) is 5.32 Å². The molecule has 0 saturated carbocycles. The van der Waals surface area contributed by atoms with Crippen LogP contribution in [0.2, 0.25) is 0 Å². The molecule has 0 bridgehead atoms. The van der Waals surface area contributed by atoms with Gasteiger partial charge >= 0.3 is 5.97 Å². The van der Waals surface area contributed by atoms with E-state index in [4.69, 9.17) is 10.8 Å². The molecule has 0 spiro atoms. The molecule has 0 radical (unpaired) electrons. The summed E-state index contributed by atoms with van der Waals surface area (Å²) in [5.74, 6) is -1.25. The lowest BCUT2D eigenvalue weighted by Gasteiger charge is -2.21. The van der Waals surface area contributed by atoms with Gasteiger partial charge in [-0.3, -0.25) is 4.79 Å². The zero-order valence-electron chi connectivity index (χ0n) is 11.0. The summed E-state index contributed by atoms with van der Waals surface area (Å²) in [4.78, 5) is 22.2. The van der Waals surface area contributed by atoms with Crippen molar-refractivity contribution in [2.75, 3.05) is 5.32 Å². The SMILES string of the molecule is CCC(C)(N)C(=O)Nc1ccc(/C=C/C(=O)O)cc1. The van der Waals surface area contributed by atoms with E-state index >= 15 is 0 Å². The quantitative estimate of drug-likeness (QED) is 0.706. The third-order valence-electron chi connectivity index (χ3n) is 2.84. The molecule has 0 aromatic heterocycles. The van der Waals surface area contributed by atoms with Crippen LogP contribution in [0, 0.1) is 0 Å². The van der Waals surface area contributed by atoms with Crippen molar-refractivity contribution in [3.05, 3.63) is 35.9 Å². The maximum atomic E-state index is 11.8. The molecule has 19 heavy (non-hydrogen) atoms. The lowest BCUT2D eigenvalue weighted by Crippen LogP contribution is -2.47. The number of aliphatic carboxylic acids is 1. The van der Waals surface area contributed by atoms with E-state index in [0.29, 0.717) is 12.1 Å². The Balaban J connectivity index is 2.72. The van der Waals surface area contributed by atoms with Crippen LogP contribution in [0.3, 0.4) is 0 Å². The van der Waals surface area contributed by atoms with Crippen LogP contribution >= 0.6 is 0 Å². The molecule has 4 N–H and O–H groups in total. The van der Waals surface area contributed by atoms with Crippen LogP contribution in [0.4, 0.5) is 5.69 Å². The molecule has 1 amide bonds. The fraction of sp³-hybridized carbons (Fsp3) is 0.286. The molecule has 0 fully saturated rings. The van der Waals surface area contributed by atoms with Crippen molar-refractivity contribution in [2.45, 2.75) is 25.8 Å². The molecule has 102 valence electrons. The maximum absolute atomic E-state index is 11.8. The highest BCUT2D eigenvalue weighted by atomic mass is 16.4. The van der Waals surface area contributed by atoms with Crippen LogP contribution in [0.25, 0.3) is 6.08 Å². The monoisotopic (exact) mass is 262 g/mol. The first-order chi connectivity index (χ1) is 8.85. The van der Waals surface area contributed by atoms with Gasteiger partial charge in [-0.2, -0.15) is 0 Å². The van der Waals surface area contributed by atoms with Crippen molar-refractivity contribution in [3.63, 3.8) is 0 Å². The average Bonchev–Trinajstić information content (AvgIpc) is 2.37. The predicted molar refractivity (Wildman–Crippen MR) is 74.6 cm³/mol. The van der Waals surface area contributed by atoms with E-state index in [0.717, 1.165) is 11.6 Å². The molecule has 1 rings (SSSR count). The number of carbonyl (C=O) groups excluding carboxylic acids is 1. The standard InChI is InChI=1S/C14H18N2O3/c1-3-14(2,15)13(19)16-11-7-4-10(5-8-11)6-9-12(17)18/h4-9H,3,15H2,1-2H3,(H,16,19)(H,17,18)/b9-6+. The number of amides is 1. The van der Waals surface area contributed by atoms with Gasteiger partial charge in [0.15, 0.2) is 0 Å². The summed E-state index contributed by atoms with van der Waals surface area (Å²) in [6.45, 7) is 3.52. The average molecular weight is 262 g/mol. The van der Waals surface area contributed by atoms with Gasteiger partial charge in [-0.25, -0.2) is 4.79 Å². The van der Waals surface area contributed by atoms with E-state index in [1.165, 1.54) is 6.08 Å². The van der Waals surface area contributed by atoms with Gasteiger partial charge in [-0.15, -0.1) is 0 Å². The summed E-state index contributed by atoms with van der Waals surface area (Å²) in [6, 6.07) is 6.83. The van der Waals surface area contributed by atoms with E-state index < -0.39 is 11.5 Å². The van der Waals surface area contributed by atoms with E-state index in [1.807, 2.05) is 6.92 Å². The zero-order valence-corrected chi connectivity index (χ0v) is 11.0. The van der Waals surface area contributed by atoms with Gasteiger partial charge in [0.1, 0.15) is 0 Å². The minimum atomic E-state index is -1.00. The molecular weight excluding hydrogens is 244 g/mol. The fourth-order valence-corrected chi connectivity index (χ4v) is 1.28. The van der Waals surface area contributed by atoms with Crippen molar-refractivity contribution >= 4 is 23.6 Å². The van der Waals surface area contributed by atoms with Gasteiger partial charge in [-0.1, -0.05) is 19.1 Å². The van der Waals surface area contributed by atoms with E-state index in [-0.39, 0.29) is 5.91 Å². The predicted octanol–water partition coefficient (Wildman–Crippen LogP) is 1.85. The summed E-state index contributed by atoms with van der Waals surface area (Å²) < 4.78 is 0. The Morgan fingerprint density at radius 2 is 1.95 bits per heavy atom. The summed E-state index contributed by atoms with van der Waals surface area (Å²) in [5.41, 5.74) is 6.30. The van der Waals surface area contributed by atoms with Crippen molar-refractivity contribution in [2.24, 2.45) is 5.73 Å². The Hall–Kier alpha value is -2.14. The molecular formula is C14H18N2O3. The number of hydrogen-bond acceptors (Lipinski definition) is 3. The van der Waals surface area contributed by atoms with Crippen LogP contribution in [0.1, 0.15) is 25.8 Å². The summed E-state index contributed by atoms with van der Waals surface area (Å²) in [7, 11) is 0. The first kappa shape index (κ1) is 14.9. The minimum absolute atomic E-state index is 0.246. The van der Waals surface area contributed by atoms with Crippen molar-refractivity contribution in [3.8, 4) is 0 Å². The molecule has 0 saturated heterocycles. The topological polar surface area (TPSA) is 92.4 Å². The first-order valence-electron chi connectivity index (χ1n) is 5.96. The first-order valence-corrected chi connectivity index (χ1v) is 5.96. The number of nitrogens with one attached hydrogen (secondary N) is 1. The van der Waals surface area contributed by atoms with Gasteiger partial charge in [-0.05, 0) is 37.1 Å². The Morgan fingerprint density at radius 3 is 2.42 bits per heavy atom. The number of rotatable bonds is 5. The molecule has 0 heterocycles. The zero-order chi connectivity index (χ0) is 14.5. The largest absolute Gasteiger partial charge is 0.478 e. The van der Waals surface area contributed by atoms with Crippen LogP contribution < -0.4 is 11.1 Å². The second kappa shape index (κ2) is 6.15. The van der Waals surface area contributed by atoms with Crippen molar-refractivity contribution in [1.29, 1.82) is 0 Å². The second-order valence-electron chi connectivity index (χ2n) is 4.52. The van der Waals surface area contributed by atoms with Gasteiger partial charge in [0.05, 0.1) is 5.54 Å². The van der Waals surface area contributed by atoms with Crippen molar-refractivity contribution in [1.82, 2.24) is 0 Å². The number of anilines is 1. The lowest BCUT2D eigenvalue weighted by atomic mass is 9.99. The van der Waals surface area contributed by atoms with Gasteiger partial charge < -0.3 is 16.2 Å². The van der Waals surface area contributed by atoms with Crippen LogP contribution in [-0.2, 0) is 9.59 Å². The van der Waals surface area contributed by atoms with E-state index in [9.17, 15) is 9.59 Å². The Labute approximate surface area is 112 Å². The molecule has 1 unspecified atom stereocenters. The highest BCUT2D eigenvalue weighted by Crippen LogP contribution is 2.14. The number of nitrogens with two attached hydrogens (primary N) is 1. The molecule has 5 nitrogen and oxygen atoms in total. The molecule has 0 aliphatic carbocycles. The number of carboxylic acids is 1. The molecule has 1 aromatic rings. The Morgan fingerprint density at radius 1 is 1.37 bits per heavy atom. The second-order valence-corrected chi connectivity index (χ2v) is 4.52. The smallest absolute Gasteiger partial charge is 0.328 e. The van der Waals surface area contributed by atoms with Gasteiger partial charge in [0.2, 0.25) is 5.91 Å². The molecule has 1 atom stereocenters. The normalized spacial score (nSPS) is 14.1. The Bertz CT molecular complexity index is 490. The lowest BCUT2D eigenvalue weighted by molar-refractivity contribution is -0.131. The maximum Gasteiger partial charge on any atom is 0.328 e. The van der Waals surface area contributed by atoms with Crippen LogP contribution in [0.15, 0.2) is 30.3 Å². The summed E-state index contributed by atoms with van der Waals surface area (Å²) in [6.07, 6.45) is 3.08.